The van der Waals surface area contributed by atoms with Gasteiger partial charge < -0.3 is 14.9 Å². The summed E-state index contributed by atoms with van der Waals surface area (Å²) in [6, 6.07) is 14.3. The number of benzene rings is 1. The molecule has 0 unspecified atom stereocenters. The zero-order valence-electron chi connectivity index (χ0n) is 21.3. The van der Waals surface area contributed by atoms with Crippen molar-refractivity contribution in [3.63, 3.8) is 0 Å². The molecule has 6 rings (SSSR count). The van der Waals surface area contributed by atoms with Gasteiger partial charge in [-0.1, -0.05) is 33.4 Å². The van der Waals surface area contributed by atoms with E-state index in [0.29, 0.717) is 0 Å². The summed E-state index contributed by atoms with van der Waals surface area (Å²) in [5.41, 5.74) is 9.85. The van der Waals surface area contributed by atoms with Crippen LogP contribution in [-0.4, -0.2) is 34.7 Å². The average Bonchev–Trinajstić information content (AvgIpc) is 3.60. The van der Waals surface area contributed by atoms with Crippen molar-refractivity contribution in [3.8, 4) is 28.3 Å². The van der Waals surface area contributed by atoms with E-state index in [0.717, 1.165) is 67.3 Å². The van der Waals surface area contributed by atoms with E-state index in [1.807, 2.05) is 54.5 Å². The summed E-state index contributed by atoms with van der Waals surface area (Å²) in [4.78, 5) is 17.3. The number of aryl methyl sites for hydroxylation is 1. The van der Waals surface area contributed by atoms with Crippen LogP contribution >= 0.6 is 0 Å². The number of H-pyrrole nitrogens is 2. The first kappa shape index (κ1) is 22.7. The summed E-state index contributed by atoms with van der Waals surface area (Å²) in [6.45, 7) is 12.5. The molecule has 0 radical (unpaired) electrons. The van der Waals surface area contributed by atoms with Crippen LogP contribution in [-0.2, 0) is 0 Å². The van der Waals surface area contributed by atoms with Crippen molar-refractivity contribution in [1.82, 2.24) is 34.7 Å². The first-order valence-corrected chi connectivity index (χ1v) is 12.2. The third kappa shape index (κ3) is 4.16. The van der Waals surface area contributed by atoms with Crippen LogP contribution in [0.15, 0.2) is 79.7 Å². The number of fused-ring (bicyclic) bond motifs is 2. The van der Waals surface area contributed by atoms with Gasteiger partial charge >= 0.3 is 0 Å². The number of pyridine rings is 2. The van der Waals surface area contributed by atoms with Gasteiger partial charge in [-0.3, -0.25) is 10.1 Å². The quantitative estimate of drug-likeness (QED) is 0.253. The second kappa shape index (κ2) is 8.44. The largest absolute Gasteiger partial charge is 0.358 e. The second-order valence-corrected chi connectivity index (χ2v) is 10.3. The number of hydrogen-bond donors (Lipinski definition) is 3. The maximum atomic E-state index is 4.99. The van der Waals surface area contributed by atoms with E-state index in [1.54, 1.807) is 6.20 Å². The van der Waals surface area contributed by atoms with Crippen LogP contribution in [0.2, 0.25) is 0 Å². The van der Waals surface area contributed by atoms with Crippen molar-refractivity contribution in [1.29, 1.82) is 0 Å². The van der Waals surface area contributed by atoms with E-state index in [2.05, 4.69) is 76.0 Å². The number of hydrogen-bond acceptors (Lipinski definition) is 5. The summed E-state index contributed by atoms with van der Waals surface area (Å²) in [6.07, 6.45) is 7.47. The zero-order chi connectivity index (χ0) is 25.7. The molecule has 0 amide bonds. The lowest BCUT2D eigenvalue weighted by Crippen LogP contribution is -2.15. The van der Waals surface area contributed by atoms with Crippen LogP contribution in [0.1, 0.15) is 26.5 Å². The van der Waals surface area contributed by atoms with Gasteiger partial charge in [-0.05, 0) is 43.3 Å². The Hall–Kier alpha value is -4.72. The Balaban J connectivity index is 1.40. The molecule has 3 N–H and O–H groups in total. The molecule has 8 heteroatoms. The second-order valence-electron chi connectivity index (χ2n) is 10.3. The normalized spacial score (nSPS) is 11.9. The topological polar surface area (TPSA) is 100 Å². The molecule has 184 valence electrons. The van der Waals surface area contributed by atoms with Crippen LogP contribution in [0.25, 0.3) is 50.3 Å². The minimum atomic E-state index is -0.0605. The molecule has 0 atom stereocenters. The van der Waals surface area contributed by atoms with Gasteiger partial charge in [0.05, 0.1) is 46.5 Å². The van der Waals surface area contributed by atoms with Gasteiger partial charge in [0.2, 0.25) is 0 Å². The number of aromatic nitrogens is 7. The molecule has 5 heterocycles. The molecule has 0 aliphatic carbocycles. The molecule has 1 aromatic carbocycles. The number of nitrogens with zero attached hydrogens (tertiary/aromatic N) is 5. The summed E-state index contributed by atoms with van der Waals surface area (Å²) in [7, 11) is 0. The lowest BCUT2D eigenvalue weighted by molar-refractivity contribution is 0.509. The summed E-state index contributed by atoms with van der Waals surface area (Å²) in [5, 5.41) is 12.2. The molecule has 0 bridgehead atoms. The van der Waals surface area contributed by atoms with Crippen molar-refractivity contribution in [2.75, 3.05) is 5.32 Å². The molecule has 0 saturated carbocycles. The minimum Gasteiger partial charge on any atom is -0.358 e. The smallest absolute Gasteiger partial charge is 0.135 e. The predicted octanol–water partition coefficient (Wildman–Crippen LogP) is 6.63. The number of allylic oxidation sites excluding steroid dienone is 1. The van der Waals surface area contributed by atoms with Crippen LogP contribution in [0.4, 0.5) is 5.69 Å². The van der Waals surface area contributed by atoms with Gasteiger partial charge in [0, 0.05) is 40.0 Å². The number of rotatable bonds is 5. The molecule has 8 nitrogen and oxygen atoms in total. The Kier molecular flexibility index (Phi) is 5.19. The van der Waals surface area contributed by atoms with Crippen LogP contribution in [0.5, 0.6) is 0 Å². The molecule has 0 saturated heterocycles. The molecule has 5 aromatic heterocycles. The van der Waals surface area contributed by atoms with E-state index < -0.39 is 0 Å². The van der Waals surface area contributed by atoms with Crippen LogP contribution in [0.3, 0.4) is 0 Å². The van der Waals surface area contributed by atoms with Crippen molar-refractivity contribution < 1.29 is 0 Å². The van der Waals surface area contributed by atoms with E-state index >= 15 is 0 Å². The SMILES string of the molecule is C=C(Nc1cncc(-c2ccc3[nH]nc(-c4cc5c(-n6cnc(C)c6)cccc5[nH]4)c3n2)c1)C(C)(C)C. The van der Waals surface area contributed by atoms with Gasteiger partial charge in [-0.25, -0.2) is 9.97 Å². The van der Waals surface area contributed by atoms with Gasteiger partial charge in [0.25, 0.3) is 0 Å². The highest BCUT2D eigenvalue weighted by Crippen LogP contribution is 2.32. The first-order chi connectivity index (χ1) is 17.8. The fraction of sp³-hybridized carbons (Fsp3) is 0.172. The standard InChI is InChI=1S/C29H28N8/c1-17-15-37(16-31-17)26-8-6-7-23-21(26)12-25(33-23)28-27-24(35-36-28)10-9-22(34-27)19-11-20(14-30-13-19)32-18(2)29(3,4)5/h6-16,32-33H,2H2,1,3-5H3,(H,35,36). The third-order valence-corrected chi connectivity index (χ3v) is 6.53. The third-order valence-electron chi connectivity index (χ3n) is 6.53. The molecular formula is C29H28N8. The average molecular weight is 489 g/mol. The monoisotopic (exact) mass is 488 g/mol. The van der Waals surface area contributed by atoms with Gasteiger partial charge in [-0.2, -0.15) is 5.10 Å². The van der Waals surface area contributed by atoms with E-state index in [4.69, 9.17) is 4.98 Å². The van der Waals surface area contributed by atoms with E-state index in [-0.39, 0.29) is 5.41 Å². The van der Waals surface area contributed by atoms with Crippen molar-refractivity contribution in [2.45, 2.75) is 27.7 Å². The van der Waals surface area contributed by atoms with Crippen molar-refractivity contribution in [3.05, 3.63) is 85.4 Å². The van der Waals surface area contributed by atoms with E-state index in [9.17, 15) is 0 Å². The maximum Gasteiger partial charge on any atom is 0.135 e. The molecule has 0 aliphatic rings. The molecule has 37 heavy (non-hydrogen) atoms. The Morgan fingerprint density at radius 3 is 2.70 bits per heavy atom. The van der Waals surface area contributed by atoms with Gasteiger partial charge in [0.1, 0.15) is 11.2 Å². The summed E-state index contributed by atoms with van der Waals surface area (Å²) in [5.74, 6) is 0. The van der Waals surface area contributed by atoms with Crippen LogP contribution in [0, 0.1) is 12.3 Å². The first-order valence-electron chi connectivity index (χ1n) is 12.2. The predicted molar refractivity (Wildman–Crippen MR) is 148 cm³/mol. The fourth-order valence-electron chi connectivity index (χ4n) is 4.30. The molecule has 6 aromatic rings. The summed E-state index contributed by atoms with van der Waals surface area (Å²) < 4.78 is 2.04. The maximum absolute atomic E-state index is 4.99. The number of imidazole rings is 1. The summed E-state index contributed by atoms with van der Waals surface area (Å²) >= 11 is 0. The van der Waals surface area contributed by atoms with Crippen LogP contribution < -0.4 is 5.32 Å². The minimum absolute atomic E-state index is 0.0605. The molecule has 0 aliphatic heterocycles. The lowest BCUT2D eigenvalue weighted by Gasteiger charge is -2.23. The molecular weight excluding hydrogens is 460 g/mol. The van der Waals surface area contributed by atoms with Gasteiger partial charge in [0.15, 0.2) is 0 Å². The van der Waals surface area contributed by atoms with Gasteiger partial charge in [-0.15, -0.1) is 0 Å². The molecule has 0 spiro atoms. The lowest BCUT2D eigenvalue weighted by atomic mass is 9.93. The highest BCUT2D eigenvalue weighted by atomic mass is 15.1. The van der Waals surface area contributed by atoms with E-state index in [1.165, 1.54) is 0 Å². The van der Waals surface area contributed by atoms with Crippen molar-refractivity contribution >= 4 is 27.6 Å². The highest BCUT2D eigenvalue weighted by molar-refractivity contribution is 5.97. The molecule has 0 fully saturated rings. The highest BCUT2D eigenvalue weighted by Gasteiger charge is 2.17. The number of aromatic amines is 2. The zero-order valence-corrected chi connectivity index (χ0v) is 21.3. The fourth-order valence-corrected chi connectivity index (χ4v) is 4.30. The number of nitrogens with one attached hydrogen (secondary N) is 3. The number of anilines is 1. The Labute approximate surface area is 214 Å². The Morgan fingerprint density at radius 2 is 1.92 bits per heavy atom. The Morgan fingerprint density at radius 1 is 1.05 bits per heavy atom. The Bertz CT molecular complexity index is 1780. The van der Waals surface area contributed by atoms with Crippen molar-refractivity contribution in [2.24, 2.45) is 5.41 Å².